The summed E-state index contributed by atoms with van der Waals surface area (Å²) in [5, 5.41) is 0.801. The molecular formula is C15H22ClNO2. The first-order valence-corrected chi connectivity index (χ1v) is 7.03. The van der Waals surface area contributed by atoms with Gasteiger partial charge in [0, 0.05) is 5.02 Å². The van der Waals surface area contributed by atoms with Gasteiger partial charge >= 0.3 is 5.97 Å². The van der Waals surface area contributed by atoms with E-state index in [1.165, 1.54) is 7.11 Å². The largest absolute Gasteiger partial charge is 0.468 e. The van der Waals surface area contributed by atoms with Crippen molar-refractivity contribution in [3.8, 4) is 0 Å². The van der Waals surface area contributed by atoms with E-state index in [0.29, 0.717) is 12.3 Å². The molecule has 0 bridgehead atoms. The summed E-state index contributed by atoms with van der Waals surface area (Å²) in [5.74, 6) is 0.0709. The van der Waals surface area contributed by atoms with Gasteiger partial charge in [-0.15, -0.1) is 0 Å². The van der Waals surface area contributed by atoms with Gasteiger partial charge < -0.3 is 10.5 Å². The summed E-state index contributed by atoms with van der Waals surface area (Å²) in [6, 6.07) is 7.33. The van der Waals surface area contributed by atoms with Crippen LogP contribution in [-0.4, -0.2) is 19.1 Å². The molecule has 1 aromatic carbocycles. The monoisotopic (exact) mass is 283 g/mol. The highest BCUT2D eigenvalue weighted by Crippen LogP contribution is 2.22. The molecule has 106 valence electrons. The second kappa shape index (κ2) is 8.18. The number of halogens is 1. The number of nitrogens with two attached hydrogens (primary N) is 1. The zero-order valence-corrected chi connectivity index (χ0v) is 12.3. The smallest absolute Gasteiger partial charge is 0.322 e. The van der Waals surface area contributed by atoms with Crippen LogP contribution in [0.5, 0.6) is 0 Å². The second-order valence-electron chi connectivity index (χ2n) is 4.77. The molecule has 0 aliphatic heterocycles. The van der Waals surface area contributed by atoms with E-state index in [2.05, 4.69) is 11.7 Å². The molecule has 2 atom stereocenters. The summed E-state index contributed by atoms with van der Waals surface area (Å²) in [6.45, 7) is 2.11. The maximum Gasteiger partial charge on any atom is 0.322 e. The van der Waals surface area contributed by atoms with E-state index in [9.17, 15) is 4.79 Å². The first-order valence-electron chi connectivity index (χ1n) is 6.65. The Hall–Kier alpha value is -1.06. The topological polar surface area (TPSA) is 52.3 Å². The lowest BCUT2D eigenvalue weighted by molar-refractivity contribution is -0.142. The van der Waals surface area contributed by atoms with E-state index in [0.717, 1.165) is 29.8 Å². The van der Waals surface area contributed by atoms with Crippen molar-refractivity contribution in [1.29, 1.82) is 0 Å². The van der Waals surface area contributed by atoms with Crippen molar-refractivity contribution in [1.82, 2.24) is 0 Å². The molecule has 0 radical (unpaired) electrons. The molecule has 0 amide bonds. The molecule has 2 unspecified atom stereocenters. The number of hydrogen-bond acceptors (Lipinski definition) is 3. The van der Waals surface area contributed by atoms with Crippen LogP contribution in [0.15, 0.2) is 24.3 Å². The minimum absolute atomic E-state index is 0.337. The Labute approximate surface area is 120 Å². The molecule has 0 saturated carbocycles. The lowest BCUT2D eigenvalue weighted by atomic mass is 9.91. The SMILES string of the molecule is CCC(CCc1ccccc1Cl)CC(N)C(=O)OC. The van der Waals surface area contributed by atoms with Gasteiger partial charge in [-0.2, -0.15) is 0 Å². The van der Waals surface area contributed by atoms with E-state index in [-0.39, 0.29) is 5.97 Å². The lowest BCUT2D eigenvalue weighted by Crippen LogP contribution is -2.33. The number of carbonyl (C=O) groups excluding carboxylic acids is 1. The highest BCUT2D eigenvalue weighted by atomic mass is 35.5. The fraction of sp³-hybridized carbons (Fsp3) is 0.533. The quantitative estimate of drug-likeness (QED) is 0.782. The molecule has 1 rings (SSSR count). The van der Waals surface area contributed by atoms with Crippen LogP contribution in [0.25, 0.3) is 0 Å². The fourth-order valence-electron chi connectivity index (χ4n) is 2.16. The summed E-state index contributed by atoms with van der Waals surface area (Å²) in [5.41, 5.74) is 6.95. The number of methoxy groups -OCH3 is 1. The van der Waals surface area contributed by atoms with Crippen molar-refractivity contribution in [3.05, 3.63) is 34.9 Å². The van der Waals surface area contributed by atoms with Crippen LogP contribution in [-0.2, 0) is 16.0 Å². The molecule has 0 aliphatic rings. The third kappa shape index (κ3) is 5.21. The van der Waals surface area contributed by atoms with Crippen LogP contribution in [0.1, 0.15) is 31.7 Å². The minimum atomic E-state index is -0.527. The lowest BCUT2D eigenvalue weighted by Gasteiger charge is -2.18. The van der Waals surface area contributed by atoms with Gasteiger partial charge in [-0.25, -0.2) is 0 Å². The summed E-state index contributed by atoms with van der Waals surface area (Å²) in [7, 11) is 1.37. The molecule has 2 N–H and O–H groups in total. The first-order chi connectivity index (χ1) is 9.08. The third-order valence-corrected chi connectivity index (χ3v) is 3.82. The summed E-state index contributed by atoms with van der Waals surface area (Å²) in [4.78, 5) is 11.3. The molecule has 19 heavy (non-hydrogen) atoms. The average molecular weight is 284 g/mol. The van der Waals surface area contributed by atoms with E-state index in [1.807, 2.05) is 24.3 Å². The van der Waals surface area contributed by atoms with Gasteiger partial charge in [0.05, 0.1) is 7.11 Å². The number of hydrogen-bond donors (Lipinski definition) is 1. The molecule has 0 spiro atoms. The van der Waals surface area contributed by atoms with E-state index in [4.69, 9.17) is 17.3 Å². The Bertz CT molecular complexity index is 409. The van der Waals surface area contributed by atoms with Crippen LogP contribution in [0.2, 0.25) is 5.02 Å². The van der Waals surface area contributed by atoms with Crippen molar-refractivity contribution in [3.63, 3.8) is 0 Å². The fourth-order valence-corrected chi connectivity index (χ4v) is 2.39. The van der Waals surface area contributed by atoms with Gasteiger partial charge in [0.2, 0.25) is 0 Å². The maximum atomic E-state index is 11.3. The van der Waals surface area contributed by atoms with Crippen molar-refractivity contribution in [2.24, 2.45) is 11.7 Å². The van der Waals surface area contributed by atoms with Gasteiger partial charge in [-0.3, -0.25) is 4.79 Å². The summed E-state index contributed by atoms with van der Waals surface area (Å²) >= 11 is 6.13. The molecule has 0 aliphatic carbocycles. The Balaban J connectivity index is 2.49. The molecule has 3 nitrogen and oxygen atoms in total. The number of carbonyl (C=O) groups is 1. The maximum absolute atomic E-state index is 11.3. The van der Waals surface area contributed by atoms with Crippen molar-refractivity contribution < 1.29 is 9.53 Å². The Morgan fingerprint density at radius 3 is 2.68 bits per heavy atom. The molecular weight excluding hydrogens is 262 g/mol. The molecule has 0 heterocycles. The third-order valence-electron chi connectivity index (χ3n) is 3.45. The molecule has 1 aromatic rings. The Morgan fingerprint density at radius 1 is 1.42 bits per heavy atom. The average Bonchev–Trinajstić information content (AvgIpc) is 2.43. The minimum Gasteiger partial charge on any atom is -0.468 e. The zero-order valence-electron chi connectivity index (χ0n) is 11.6. The van der Waals surface area contributed by atoms with Crippen molar-refractivity contribution in [2.75, 3.05) is 7.11 Å². The molecule has 0 saturated heterocycles. The Kier molecular flexibility index (Phi) is 6.89. The highest BCUT2D eigenvalue weighted by Gasteiger charge is 2.19. The van der Waals surface area contributed by atoms with E-state index >= 15 is 0 Å². The standard InChI is InChI=1S/C15H22ClNO2/c1-3-11(10-14(17)15(18)19-2)8-9-12-6-4-5-7-13(12)16/h4-7,11,14H,3,8-10,17H2,1-2H3. The van der Waals surface area contributed by atoms with Gasteiger partial charge in [0.25, 0.3) is 0 Å². The predicted molar refractivity (Wildman–Crippen MR) is 78.2 cm³/mol. The van der Waals surface area contributed by atoms with E-state index in [1.54, 1.807) is 0 Å². The normalized spacial score (nSPS) is 13.9. The van der Waals surface area contributed by atoms with Gasteiger partial charge in [0.1, 0.15) is 6.04 Å². The number of benzene rings is 1. The molecule has 0 aromatic heterocycles. The molecule has 0 fully saturated rings. The highest BCUT2D eigenvalue weighted by molar-refractivity contribution is 6.31. The Morgan fingerprint density at radius 2 is 2.11 bits per heavy atom. The molecule has 4 heteroatoms. The van der Waals surface area contributed by atoms with Gasteiger partial charge in [-0.1, -0.05) is 43.1 Å². The number of aryl methyl sites for hydroxylation is 1. The number of esters is 1. The van der Waals surface area contributed by atoms with Crippen LogP contribution < -0.4 is 5.73 Å². The number of ether oxygens (including phenoxy) is 1. The summed E-state index contributed by atoms with van der Waals surface area (Å²) in [6.07, 6.45) is 3.54. The van der Waals surface area contributed by atoms with Crippen LogP contribution >= 0.6 is 11.6 Å². The summed E-state index contributed by atoms with van der Waals surface area (Å²) < 4.78 is 4.65. The van der Waals surface area contributed by atoms with Crippen molar-refractivity contribution >= 4 is 17.6 Å². The van der Waals surface area contributed by atoms with Crippen LogP contribution in [0.4, 0.5) is 0 Å². The number of rotatable bonds is 7. The van der Waals surface area contributed by atoms with Crippen LogP contribution in [0, 0.1) is 5.92 Å². The van der Waals surface area contributed by atoms with Crippen LogP contribution in [0.3, 0.4) is 0 Å². The predicted octanol–water partition coefficient (Wildman–Crippen LogP) is 3.19. The van der Waals surface area contributed by atoms with E-state index < -0.39 is 6.04 Å². The second-order valence-corrected chi connectivity index (χ2v) is 5.18. The van der Waals surface area contributed by atoms with Gasteiger partial charge in [0.15, 0.2) is 0 Å². The van der Waals surface area contributed by atoms with Crippen molar-refractivity contribution in [2.45, 2.75) is 38.6 Å². The zero-order chi connectivity index (χ0) is 14.3. The van der Waals surface area contributed by atoms with Gasteiger partial charge in [-0.05, 0) is 36.8 Å². The first kappa shape index (κ1) is 16.0.